The number of benzene rings is 2. The Kier molecular flexibility index (Phi) is 5.98. The van der Waals surface area contributed by atoms with Gasteiger partial charge in [-0.2, -0.15) is 0 Å². The lowest BCUT2D eigenvalue weighted by Gasteiger charge is -2.16. The number of halogens is 1. The number of rotatable bonds is 5. The molecule has 3 rings (SSSR count). The molecule has 2 aromatic rings. The number of hydrogen-bond donors (Lipinski definition) is 1. The molecule has 3 nitrogen and oxygen atoms in total. The van der Waals surface area contributed by atoms with Gasteiger partial charge in [0.25, 0.3) is 5.91 Å². The zero-order valence-electron chi connectivity index (χ0n) is 13.2. The van der Waals surface area contributed by atoms with Gasteiger partial charge >= 0.3 is 0 Å². The number of thioether (sulfide) groups is 2. The highest BCUT2D eigenvalue weighted by Gasteiger charge is 2.19. The number of ether oxygens (including phenoxy) is 1. The van der Waals surface area contributed by atoms with Gasteiger partial charge in [-0.3, -0.25) is 4.79 Å². The van der Waals surface area contributed by atoms with E-state index in [2.05, 4.69) is 17.4 Å². The first-order valence-electron chi connectivity index (χ1n) is 7.68. The SMILES string of the molecule is C[C@@H](Oc1ccc(C2SCCS2)cc1)C(=O)Nc1cccc(Cl)c1. The van der Waals surface area contributed by atoms with Gasteiger partial charge in [-0.25, -0.2) is 0 Å². The summed E-state index contributed by atoms with van der Waals surface area (Å²) in [7, 11) is 0. The Bertz CT molecular complexity index is 702. The molecule has 0 spiro atoms. The van der Waals surface area contributed by atoms with Crippen LogP contribution in [-0.2, 0) is 4.79 Å². The van der Waals surface area contributed by atoms with Crippen molar-refractivity contribution in [2.75, 3.05) is 16.8 Å². The maximum atomic E-state index is 12.2. The summed E-state index contributed by atoms with van der Waals surface area (Å²) in [5.41, 5.74) is 1.96. The van der Waals surface area contributed by atoms with Gasteiger partial charge in [-0.1, -0.05) is 29.8 Å². The molecular weight excluding hydrogens is 362 g/mol. The van der Waals surface area contributed by atoms with Crippen LogP contribution in [0.25, 0.3) is 0 Å². The van der Waals surface area contributed by atoms with E-state index in [9.17, 15) is 4.79 Å². The van der Waals surface area contributed by atoms with E-state index in [-0.39, 0.29) is 5.91 Å². The Morgan fingerprint density at radius 2 is 1.92 bits per heavy atom. The number of carbonyl (C=O) groups excluding carboxylic acids is 1. The zero-order valence-corrected chi connectivity index (χ0v) is 15.6. The van der Waals surface area contributed by atoms with Gasteiger partial charge < -0.3 is 10.1 Å². The average molecular weight is 380 g/mol. The Balaban J connectivity index is 1.57. The van der Waals surface area contributed by atoms with E-state index in [4.69, 9.17) is 16.3 Å². The highest BCUT2D eigenvalue weighted by Crippen LogP contribution is 2.45. The molecule has 126 valence electrons. The van der Waals surface area contributed by atoms with Gasteiger partial charge in [-0.15, -0.1) is 23.5 Å². The van der Waals surface area contributed by atoms with E-state index in [0.717, 1.165) is 0 Å². The molecule has 1 aliphatic heterocycles. The van der Waals surface area contributed by atoms with Crippen molar-refractivity contribution in [3.05, 3.63) is 59.1 Å². The Labute approximate surface area is 155 Å². The third-order valence-corrected chi connectivity index (χ3v) is 6.89. The standard InChI is InChI=1S/C18H18ClNO2S2/c1-12(17(21)20-15-4-2-3-14(19)11-15)22-16-7-5-13(6-8-16)18-23-9-10-24-18/h2-8,11-12,18H,9-10H2,1H3,(H,20,21)/t12-/m1/s1. The maximum absolute atomic E-state index is 12.2. The lowest BCUT2D eigenvalue weighted by atomic mass is 10.2. The average Bonchev–Trinajstić information content (AvgIpc) is 3.10. The van der Waals surface area contributed by atoms with Crippen LogP contribution >= 0.6 is 35.1 Å². The molecule has 0 aliphatic carbocycles. The molecule has 6 heteroatoms. The molecule has 0 bridgehead atoms. The summed E-state index contributed by atoms with van der Waals surface area (Å²) in [6.45, 7) is 1.73. The minimum absolute atomic E-state index is 0.205. The number of amides is 1. The fourth-order valence-corrected chi connectivity index (χ4v) is 5.37. The molecule has 1 heterocycles. The number of nitrogens with one attached hydrogen (secondary N) is 1. The van der Waals surface area contributed by atoms with Crippen molar-refractivity contribution in [1.82, 2.24) is 0 Å². The summed E-state index contributed by atoms with van der Waals surface area (Å²) in [5.74, 6) is 2.89. The van der Waals surface area contributed by atoms with E-state index in [1.807, 2.05) is 35.7 Å². The van der Waals surface area contributed by atoms with Gasteiger partial charge in [0, 0.05) is 22.2 Å². The third kappa shape index (κ3) is 4.62. The minimum atomic E-state index is -0.593. The Morgan fingerprint density at radius 3 is 2.58 bits per heavy atom. The molecule has 2 aromatic carbocycles. The van der Waals surface area contributed by atoms with Gasteiger partial charge in [0.05, 0.1) is 4.58 Å². The van der Waals surface area contributed by atoms with E-state index in [0.29, 0.717) is 21.0 Å². The monoisotopic (exact) mass is 379 g/mol. The summed E-state index contributed by atoms with van der Waals surface area (Å²) in [5, 5.41) is 3.39. The van der Waals surface area contributed by atoms with Crippen molar-refractivity contribution in [3.63, 3.8) is 0 Å². The highest BCUT2D eigenvalue weighted by atomic mass is 35.5. The topological polar surface area (TPSA) is 38.3 Å². The molecule has 1 N–H and O–H groups in total. The van der Waals surface area contributed by atoms with Crippen molar-refractivity contribution in [1.29, 1.82) is 0 Å². The van der Waals surface area contributed by atoms with E-state index >= 15 is 0 Å². The van der Waals surface area contributed by atoms with Crippen LogP contribution in [0.15, 0.2) is 48.5 Å². The lowest BCUT2D eigenvalue weighted by Crippen LogP contribution is -2.30. The number of anilines is 1. The molecule has 0 aromatic heterocycles. The van der Waals surface area contributed by atoms with E-state index in [1.165, 1.54) is 17.1 Å². The van der Waals surface area contributed by atoms with Crippen LogP contribution in [-0.4, -0.2) is 23.5 Å². The predicted molar refractivity (Wildman–Crippen MR) is 104 cm³/mol. The second-order valence-corrected chi connectivity index (χ2v) is 8.56. The molecule has 1 atom stereocenters. The van der Waals surface area contributed by atoms with Crippen LogP contribution in [0.2, 0.25) is 5.02 Å². The zero-order chi connectivity index (χ0) is 16.9. The lowest BCUT2D eigenvalue weighted by molar-refractivity contribution is -0.122. The van der Waals surface area contributed by atoms with Crippen LogP contribution < -0.4 is 10.1 Å². The van der Waals surface area contributed by atoms with Gasteiger partial charge in [0.1, 0.15) is 5.75 Å². The fourth-order valence-electron chi connectivity index (χ4n) is 2.32. The molecule has 1 aliphatic rings. The summed E-state index contributed by atoms with van der Waals surface area (Å²) in [6.07, 6.45) is -0.593. The van der Waals surface area contributed by atoms with Gasteiger partial charge in [0.15, 0.2) is 6.10 Å². The van der Waals surface area contributed by atoms with E-state index < -0.39 is 6.10 Å². The van der Waals surface area contributed by atoms with Crippen molar-refractivity contribution in [3.8, 4) is 5.75 Å². The number of carbonyl (C=O) groups is 1. The quantitative estimate of drug-likeness (QED) is 0.772. The molecule has 1 amide bonds. The first-order valence-corrected chi connectivity index (χ1v) is 10.2. The number of hydrogen-bond acceptors (Lipinski definition) is 4. The normalized spacial score (nSPS) is 15.9. The smallest absolute Gasteiger partial charge is 0.265 e. The van der Waals surface area contributed by atoms with Gasteiger partial charge in [-0.05, 0) is 42.8 Å². The summed E-state index contributed by atoms with van der Waals surface area (Å²) < 4.78 is 6.25. The Hall–Kier alpha value is -1.30. The predicted octanol–water partition coefficient (Wildman–Crippen LogP) is 5.22. The molecule has 0 unspecified atom stereocenters. The first kappa shape index (κ1) is 17.5. The largest absolute Gasteiger partial charge is 0.481 e. The molecule has 1 fully saturated rings. The van der Waals surface area contributed by atoms with Crippen LogP contribution in [0.5, 0.6) is 5.75 Å². The van der Waals surface area contributed by atoms with E-state index in [1.54, 1.807) is 31.2 Å². The molecule has 24 heavy (non-hydrogen) atoms. The van der Waals surface area contributed by atoms with Crippen LogP contribution in [0.1, 0.15) is 17.1 Å². The van der Waals surface area contributed by atoms with Crippen molar-refractivity contribution in [2.24, 2.45) is 0 Å². The fraction of sp³-hybridized carbons (Fsp3) is 0.278. The molecular formula is C18H18ClNO2S2. The second-order valence-electron chi connectivity index (χ2n) is 5.40. The second kappa shape index (κ2) is 8.19. The molecule has 0 radical (unpaired) electrons. The van der Waals surface area contributed by atoms with Crippen LogP contribution in [0.4, 0.5) is 5.69 Å². The van der Waals surface area contributed by atoms with Crippen molar-refractivity contribution < 1.29 is 9.53 Å². The van der Waals surface area contributed by atoms with Crippen LogP contribution in [0, 0.1) is 0 Å². The first-order chi connectivity index (χ1) is 11.6. The van der Waals surface area contributed by atoms with Gasteiger partial charge in [0.2, 0.25) is 0 Å². The summed E-state index contributed by atoms with van der Waals surface area (Å²) in [4.78, 5) is 12.2. The maximum Gasteiger partial charge on any atom is 0.265 e. The van der Waals surface area contributed by atoms with Crippen molar-refractivity contribution in [2.45, 2.75) is 17.6 Å². The van der Waals surface area contributed by atoms with Crippen molar-refractivity contribution >= 4 is 46.7 Å². The highest BCUT2D eigenvalue weighted by molar-refractivity contribution is 8.19. The molecule has 1 saturated heterocycles. The summed E-state index contributed by atoms with van der Waals surface area (Å²) in [6, 6.07) is 15.1. The summed E-state index contributed by atoms with van der Waals surface area (Å²) >= 11 is 9.86. The van der Waals surface area contributed by atoms with Crippen LogP contribution in [0.3, 0.4) is 0 Å². The molecule has 0 saturated carbocycles. The third-order valence-electron chi connectivity index (χ3n) is 3.55. The minimum Gasteiger partial charge on any atom is -0.481 e. The Morgan fingerprint density at radius 1 is 1.21 bits per heavy atom.